The molecular formula is C6H6BrNO. The maximum atomic E-state index is 10.8. The minimum absolute atomic E-state index is 0.0833. The predicted octanol–water partition coefficient (Wildman–Crippen LogP) is 1.59. The number of hydrogen-bond acceptors (Lipinski definition) is 1. The van der Waals surface area contributed by atoms with E-state index >= 15 is 0 Å². The Morgan fingerprint density at radius 3 is 3.00 bits per heavy atom. The van der Waals surface area contributed by atoms with Gasteiger partial charge in [-0.3, -0.25) is 4.79 Å². The molecule has 0 fully saturated rings. The normalized spacial score (nSPS) is 9.44. The molecule has 0 atom stereocenters. The van der Waals surface area contributed by atoms with Crippen LogP contribution in [0.4, 0.5) is 0 Å². The highest BCUT2D eigenvalue weighted by Crippen LogP contribution is 1.97. The Bertz CT molecular complexity index is 193. The Labute approximate surface area is 61.4 Å². The Kier molecular flexibility index (Phi) is 2.05. The van der Waals surface area contributed by atoms with Gasteiger partial charge in [0.25, 0.3) is 0 Å². The number of carbonyl (C=O) groups excluding carboxylic acids is 1. The molecule has 0 aliphatic rings. The number of nitrogens with one attached hydrogen (secondary N) is 1. The van der Waals surface area contributed by atoms with Crippen LogP contribution in [0.1, 0.15) is 10.5 Å². The van der Waals surface area contributed by atoms with Crippen LogP contribution >= 0.6 is 15.9 Å². The Balaban J connectivity index is 2.77. The highest BCUT2D eigenvalue weighted by molar-refractivity contribution is 9.09. The molecule has 1 rings (SSSR count). The number of aromatic amines is 1. The second kappa shape index (κ2) is 2.82. The summed E-state index contributed by atoms with van der Waals surface area (Å²) < 4.78 is 0. The van der Waals surface area contributed by atoms with Crippen LogP contribution in [-0.4, -0.2) is 16.1 Å². The number of H-pyrrole nitrogens is 1. The molecule has 48 valence electrons. The van der Waals surface area contributed by atoms with Crippen molar-refractivity contribution in [2.24, 2.45) is 0 Å². The number of halogens is 1. The topological polar surface area (TPSA) is 32.9 Å². The minimum Gasteiger partial charge on any atom is -0.359 e. The van der Waals surface area contributed by atoms with Gasteiger partial charge >= 0.3 is 0 Å². The van der Waals surface area contributed by atoms with Crippen molar-refractivity contribution >= 4 is 21.7 Å². The second-order valence-corrected chi connectivity index (χ2v) is 2.20. The van der Waals surface area contributed by atoms with E-state index in [0.717, 1.165) is 0 Å². The molecule has 0 saturated heterocycles. The third kappa shape index (κ3) is 1.42. The van der Waals surface area contributed by atoms with Crippen molar-refractivity contribution in [2.45, 2.75) is 0 Å². The van der Waals surface area contributed by atoms with E-state index in [1.807, 2.05) is 0 Å². The maximum Gasteiger partial charge on any atom is 0.189 e. The Morgan fingerprint density at radius 1 is 1.78 bits per heavy atom. The van der Waals surface area contributed by atoms with Gasteiger partial charge in [-0.25, -0.2) is 0 Å². The van der Waals surface area contributed by atoms with Gasteiger partial charge in [0.05, 0.1) is 11.0 Å². The standard InChI is InChI=1S/C6H6BrNO/c7-4-6(9)5-2-1-3-8-5/h1-3,8H,4H2. The molecule has 0 amide bonds. The zero-order valence-corrected chi connectivity index (χ0v) is 6.31. The first-order valence-corrected chi connectivity index (χ1v) is 3.69. The lowest BCUT2D eigenvalue weighted by Crippen LogP contribution is -1.98. The van der Waals surface area contributed by atoms with Crippen molar-refractivity contribution < 1.29 is 4.79 Å². The van der Waals surface area contributed by atoms with Crippen molar-refractivity contribution in [3.05, 3.63) is 24.0 Å². The molecule has 0 radical (unpaired) electrons. The smallest absolute Gasteiger partial charge is 0.189 e. The minimum atomic E-state index is 0.0833. The maximum absolute atomic E-state index is 10.8. The fourth-order valence-electron chi connectivity index (χ4n) is 0.576. The summed E-state index contributed by atoms with van der Waals surface area (Å²) in [6.45, 7) is 0. The van der Waals surface area contributed by atoms with Crippen LogP contribution in [0.5, 0.6) is 0 Å². The van der Waals surface area contributed by atoms with E-state index in [1.54, 1.807) is 18.3 Å². The van der Waals surface area contributed by atoms with E-state index in [0.29, 0.717) is 11.0 Å². The predicted molar refractivity (Wildman–Crippen MR) is 38.9 cm³/mol. The van der Waals surface area contributed by atoms with Crippen LogP contribution < -0.4 is 0 Å². The largest absolute Gasteiger partial charge is 0.359 e. The van der Waals surface area contributed by atoms with Crippen LogP contribution in [0, 0.1) is 0 Å². The zero-order chi connectivity index (χ0) is 6.69. The second-order valence-electron chi connectivity index (χ2n) is 1.64. The molecule has 1 aromatic heterocycles. The van der Waals surface area contributed by atoms with Crippen LogP contribution in [0.15, 0.2) is 18.3 Å². The van der Waals surface area contributed by atoms with Gasteiger partial charge in [-0.15, -0.1) is 0 Å². The SMILES string of the molecule is O=C(CBr)c1ccc[nH]1. The van der Waals surface area contributed by atoms with Crippen LogP contribution in [0.3, 0.4) is 0 Å². The summed E-state index contributed by atoms with van der Waals surface area (Å²) in [4.78, 5) is 13.6. The fourth-order valence-corrected chi connectivity index (χ4v) is 0.878. The average molecular weight is 188 g/mol. The van der Waals surface area contributed by atoms with Gasteiger partial charge in [0.1, 0.15) is 0 Å². The van der Waals surface area contributed by atoms with Gasteiger partial charge in [-0.2, -0.15) is 0 Å². The van der Waals surface area contributed by atoms with Crippen molar-refractivity contribution in [1.82, 2.24) is 4.98 Å². The summed E-state index contributed by atoms with van der Waals surface area (Å²) >= 11 is 3.07. The van der Waals surface area contributed by atoms with Gasteiger partial charge in [0.15, 0.2) is 5.78 Å². The number of Topliss-reactive ketones (excluding diaryl/α,β-unsaturated/α-hetero) is 1. The molecule has 1 aromatic rings. The van der Waals surface area contributed by atoms with E-state index in [2.05, 4.69) is 20.9 Å². The molecule has 0 unspecified atom stereocenters. The van der Waals surface area contributed by atoms with E-state index in [-0.39, 0.29) is 5.78 Å². The Morgan fingerprint density at radius 2 is 2.56 bits per heavy atom. The molecule has 1 heterocycles. The summed E-state index contributed by atoms with van der Waals surface area (Å²) in [5, 5.41) is 0.382. The monoisotopic (exact) mass is 187 g/mol. The highest BCUT2D eigenvalue weighted by Gasteiger charge is 2.01. The lowest BCUT2D eigenvalue weighted by Gasteiger charge is -1.86. The molecule has 3 heteroatoms. The molecule has 0 aromatic carbocycles. The van der Waals surface area contributed by atoms with E-state index in [9.17, 15) is 4.79 Å². The number of hydrogen-bond donors (Lipinski definition) is 1. The van der Waals surface area contributed by atoms with Crippen LogP contribution in [-0.2, 0) is 0 Å². The zero-order valence-electron chi connectivity index (χ0n) is 4.73. The average Bonchev–Trinajstić information content (AvgIpc) is 2.37. The van der Waals surface area contributed by atoms with Crippen molar-refractivity contribution in [2.75, 3.05) is 5.33 Å². The van der Waals surface area contributed by atoms with Crippen LogP contribution in [0.2, 0.25) is 0 Å². The van der Waals surface area contributed by atoms with E-state index in [1.165, 1.54) is 0 Å². The number of aromatic nitrogens is 1. The number of ketones is 1. The summed E-state index contributed by atoms with van der Waals surface area (Å²) in [5.41, 5.74) is 0.659. The summed E-state index contributed by atoms with van der Waals surface area (Å²) in [6.07, 6.45) is 1.73. The summed E-state index contributed by atoms with van der Waals surface area (Å²) in [7, 11) is 0. The lowest BCUT2D eigenvalue weighted by molar-refractivity contribution is 0.102. The van der Waals surface area contributed by atoms with Crippen molar-refractivity contribution in [3.8, 4) is 0 Å². The summed E-state index contributed by atoms with van der Waals surface area (Å²) in [5.74, 6) is 0.0833. The molecule has 0 bridgehead atoms. The van der Waals surface area contributed by atoms with Gasteiger partial charge in [-0.05, 0) is 12.1 Å². The van der Waals surface area contributed by atoms with Crippen molar-refractivity contribution in [3.63, 3.8) is 0 Å². The first-order valence-electron chi connectivity index (χ1n) is 2.57. The molecule has 0 aliphatic carbocycles. The molecule has 0 aliphatic heterocycles. The highest BCUT2D eigenvalue weighted by atomic mass is 79.9. The first kappa shape index (κ1) is 6.55. The third-order valence-corrected chi connectivity index (χ3v) is 1.53. The lowest BCUT2D eigenvalue weighted by atomic mass is 10.3. The van der Waals surface area contributed by atoms with Crippen LogP contribution in [0.25, 0.3) is 0 Å². The number of carbonyl (C=O) groups is 1. The van der Waals surface area contributed by atoms with Gasteiger partial charge in [0.2, 0.25) is 0 Å². The molecule has 1 N–H and O–H groups in total. The number of rotatable bonds is 2. The number of alkyl halides is 1. The Hall–Kier alpha value is -0.570. The van der Waals surface area contributed by atoms with Gasteiger partial charge in [-0.1, -0.05) is 15.9 Å². The van der Waals surface area contributed by atoms with Gasteiger partial charge < -0.3 is 4.98 Å². The van der Waals surface area contributed by atoms with Gasteiger partial charge in [0, 0.05) is 6.20 Å². The first-order chi connectivity index (χ1) is 4.34. The van der Waals surface area contributed by atoms with E-state index < -0.39 is 0 Å². The molecule has 0 saturated carbocycles. The fraction of sp³-hybridized carbons (Fsp3) is 0.167. The van der Waals surface area contributed by atoms with Crippen molar-refractivity contribution in [1.29, 1.82) is 0 Å². The van der Waals surface area contributed by atoms with E-state index in [4.69, 9.17) is 0 Å². The third-order valence-electron chi connectivity index (χ3n) is 1.02. The molecular weight excluding hydrogens is 182 g/mol. The quantitative estimate of drug-likeness (QED) is 0.554. The molecule has 0 spiro atoms. The summed E-state index contributed by atoms with van der Waals surface area (Å²) in [6, 6.07) is 3.56. The molecule has 2 nitrogen and oxygen atoms in total. The molecule has 9 heavy (non-hydrogen) atoms.